The van der Waals surface area contributed by atoms with Crippen LogP contribution in [0.15, 0.2) is 24.5 Å². The number of pyridine rings is 1. The van der Waals surface area contributed by atoms with Crippen molar-refractivity contribution in [3.05, 3.63) is 41.6 Å². The predicted octanol–water partition coefficient (Wildman–Crippen LogP) is 2.52. The van der Waals surface area contributed by atoms with Crippen molar-refractivity contribution in [2.75, 3.05) is 11.9 Å². The van der Waals surface area contributed by atoms with Gasteiger partial charge in [0.1, 0.15) is 0 Å². The second kappa shape index (κ2) is 7.38. The first-order chi connectivity index (χ1) is 14.9. The standard InChI is InChI=1S/C21H23FN8O/c1-11-6-17(27-29-9-13(3)24-18(11)29)15-8-16(22)19-25-21(28-30(19)10-15)26-20(31)14-4-5-23-12(2)7-14/h6,8-10,12,14,23H,4-5,7H2,1-3H3,(H,26,28,31)/t12?,14-/m1/s1. The summed E-state index contributed by atoms with van der Waals surface area (Å²) in [5, 5.41) is 14.9. The number of carbonyl (C=O) groups is 1. The van der Waals surface area contributed by atoms with E-state index in [9.17, 15) is 9.18 Å². The molecule has 0 aromatic carbocycles. The Bertz CT molecular complexity index is 1310. The Kier molecular flexibility index (Phi) is 4.66. The quantitative estimate of drug-likeness (QED) is 0.526. The Morgan fingerprint density at radius 3 is 2.77 bits per heavy atom. The number of amides is 1. The fraction of sp³-hybridized carbons (Fsp3) is 0.381. The lowest BCUT2D eigenvalue weighted by Crippen LogP contribution is -2.40. The average molecular weight is 422 g/mol. The number of fused-ring (bicyclic) bond motifs is 2. The molecular formula is C21H23FN8O. The largest absolute Gasteiger partial charge is 0.314 e. The van der Waals surface area contributed by atoms with Crippen LogP contribution < -0.4 is 10.6 Å². The van der Waals surface area contributed by atoms with Gasteiger partial charge in [0.05, 0.1) is 17.6 Å². The number of hydrogen-bond acceptors (Lipinski definition) is 6. The molecule has 0 bridgehead atoms. The zero-order valence-corrected chi connectivity index (χ0v) is 17.6. The maximum absolute atomic E-state index is 14.8. The van der Waals surface area contributed by atoms with Crippen LogP contribution in [-0.4, -0.2) is 47.7 Å². The molecule has 1 unspecified atom stereocenters. The molecule has 0 saturated carbocycles. The van der Waals surface area contributed by atoms with E-state index in [1.54, 1.807) is 10.7 Å². The fourth-order valence-electron chi connectivity index (χ4n) is 4.11. The lowest BCUT2D eigenvalue weighted by molar-refractivity contribution is -0.120. The maximum atomic E-state index is 14.8. The third kappa shape index (κ3) is 3.63. The Balaban J connectivity index is 1.46. The van der Waals surface area contributed by atoms with E-state index in [1.807, 2.05) is 26.1 Å². The number of hydrogen-bond donors (Lipinski definition) is 2. The Morgan fingerprint density at radius 2 is 1.97 bits per heavy atom. The molecule has 2 atom stereocenters. The van der Waals surface area contributed by atoms with Gasteiger partial charge in [-0.2, -0.15) is 10.1 Å². The van der Waals surface area contributed by atoms with Gasteiger partial charge in [-0.3, -0.25) is 10.1 Å². The second-order valence-corrected chi connectivity index (χ2v) is 8.21. The van der Waals surface area contributed by atoms with Crippen molar-refractivity contribution in [2.45, 2.75) is 39.7 Å². The van der Waals surface area contributed by atoms with Crippen LogP contribution in [0.3, 0.4) is 0 Å². The van der Waals surface area contributed by atoms with E-state index in [1.165, 1.54) is 10.6 Å². The molecule has 9 nitrogen and oxygen atoms in total. The van der Waals surface area contributed by atoms with Gasteiger partial charge in [-0.1, -0.05) is 0 Å². The first kappa shape index (κ1) is 19.6. The molecule has 4 aromatic rings. The van der Waals surface area contributed by atoms with Gasteiger partial charge < -0.3 is 5.32 Å². The third-order valence-electron chi connectivity index (χ3n) is 5.64. The number of rotatable bonds is 3. The molecule has 2 N–H and O–H groups in total. The molecule has 5 rings (SSSR count). The molecule has 1 aliphatic rings. The van der Waals surface area contributed by atoms with Crippen LogP contribution in [0.25, 0.3) is 22.6 Å². The van der Waals surface area contributed by atoms with Gasteiger partial charge in [0, 0.05) is 23.7 Å². The third-order valence-corrected chi connectivity index (χ3v) is 5.64. The summed E-state index contributed by atoms with van der Waals surface area (Å²) in [7, 11) is 0. The molecule has 1 fully saturated rings. The molecule has 5 heterocycles. The van der Waals surface area contributed by atoms with Crippen LogP contribution in [0, 0.1) is 25.6 Å². The van der Waals surface area contributed by atoms with E-state index < -0.39 is 5.82 Å². The number of piperidine rings is 1. The van der Waals surface area contributed by atoms with Gasteiger partial charge in [0.15, 0.2) is 17.1 Å². The number of aromatic nitrogens is 6. The summed E-state index contributed by atoms with van der Waals surface area (Å²) >= 11 is 0. The average Bonchev–Trinajstić information content (AvgIpc) is 3.30. The minimum Gasteiger partial charge on any atom is -0.314 e. The van der Waals surface area contributed by atoms with E-state index >= 15 is 0 Å². The lowest BCUT2D eigenvalue weighted by atomic mass is 9.92. The van der Waals surface area contributed by atoms with E-state index in [0.717, 1.165) is 36.3 Å². The van der Waals surface area contributed by atoms with Gasteiger partial charge in [0.2, 0.25) is 11.9 Å². The summed E-state index contributed by atoms with van der Waals surface area (Å²) in [6, 6.07) is 3.52. The van der Waals surface area contributed by atoms with Gasteiger partial charge in [-0.15, -0.1) is 5.10 Å². The van der Waals surface area contributed by atoms with Crippen molar-refractivity contribution in [3.8, 4) is 11.3 Å². The summed E-state index contributed by atoms with van der Waals surface area (Å²) in [5.74, 6) is -0.691. The minimum atomic E-state index is -0.539. The topological polar surface area (TPSA) is 102 Å². The molecule has 4 aromatic heterocycles. The van der Waals surface area contributed by atoms with Crippen LogP contribution in [0.2, 0.25) is 0 Å². The molecule has 1 aliphatic heterocycles. The van der Waals surface area contributed by atoms with Crippen LogP contribution in [0.5, 0.6) is 0 Å². The lowest BCUT2D eigenvalue weighted by Gasteiger charge is -2.26. The highest BCUT2D eigenvalue weighted by atomic mass is 19.1. The summed E-state index contributed by atoms with van der Waals surface area (Å²) < 4.78 is 17.8. The summed E-state index contributed by atoms with van der Waals surface area (Å²) in [5.41, 5.74) is 3.75. The van der Waals surface area contributed by atoms with E-state index in [2.05, 4.69) is 37.7 Å². The highest BCUT2D eigenvalue weighted by Gasteiger charge is 2.26. The smallest absolute Gasteiger partial charge is 0.249 e. The summed E-state index contributed by atoms with van der Waals surface area (Å²) in [6.07, 6.45) is 4.98. The maximum Gasteiger partial charge on any atom is 0.249 e. The highest BCUT2D eigenvalue weighted by Crippen LogP contribution is 2.24. The highest BCUT2D eigenvalue weighted by molar-refractivity contribution is 5.91. The zero-order chi connectivity index (χ0) is 21.7. The van der Waals surface area contributed by atoms with Crippen molar-refractivity contribution in [1.29, 1.82) is 0 Å². The monoisotopic (exact) mass is 422 g/mol. The molecule has 1 amide bonds. The normalized spacial score (nSPS) is 19.2. The molecule has 10 heteroatoms. The van der Waals surface area contributed by atoms with Gasteiger partial charge >= 0.3 is 0 Å². The van der Waals surface area contributed by atoms with Gasteiger partial charge in [-0.05, 0) is 57.9 Å². The van der Waals surface area contributed by atoms with Gasteiger partial charge in [-0.25, -0.2) is 18.4 Å². The molecular weight excluding hydrogens is 399 g/mol. The number of nitrogens with zero attached hydrogens (tertiary/aromatic N) is 6. The first-order valence-electron chi connectivity index (χ1n) is 10.3. The van der Waals surface area contributed by atoms with Crippen molar-refractivity contribution in [1.82, 2.24) is 34.5 Å². The number of imidazole rings is 1. The van der Waals surface area contributed by atoms with Crippen LogP contribution >= 0.6 is 0 Å². The number of anilines is 1. The second-order valence-electron chi connectivity index (χ2n) is 8.21. The van der Waals surface area contributed by atoms with E-state index in [0.29, 0.717) is 11.3 Å². The SMILES string of the molecule is Cc1cn2nc(-c3cc(F)c4nc(NC(=O)[C@@H]5CCNC(C)C5)nn4c3)cc(C)c2n1. The predicted molar refractivity (Wildman–Crippen MR) is 113 cm³/mol. The van der Waals surface area contributed by atoms with Crippen molar-refractivity contribution in [3.63, 3.8) is 0 Å². The number of aryl methyl sites for hydroxylation is 2. The van der Waals surface area contributed by atoms with E-state index in [4.69, 9.17) is 0 Å². The Morgan fingerprint density at radius 1 is 1.16 bits per heavy atom. The first-order valence-corrected chi connectivity index (χ1v) is 10.3. The minimum absolute atomic E-state index is 0.0500. The van der Waals surface area contributed by atoms with Crippen molar-refractivity contribution < 1.29 is 9.18 Å². The molecule has 31 heavy (non-hydrogen) atoms. The van der Waals surface area contributed by atoms with E-state index in [-0.39, 0.29) is 29.5 Å². The summed E-state index contributed by atoms with van der Waals surface area (Å²) in [6.45, 7) is 6.68. The number of halogens is 1. The van der Waals surface area contributed by atoms with Crippen LogP contribution in [0.1, 0.15) is 31.0 Å². The molecule has 0 spiro atoms. The fourth-order valence-corrected chi connectivity index (χ4v) is 4.11. The van der Waals surface area contributed by atoms with Crippen molar-refractivity contribution in [2.24, 2.45) is 5.92 Å². The summed E-state index contributed by atoms with van der Waals surface area (Å²) in [4.78, 5) is 21.2. The molecule has 0 radical (unpaired) electrons. The van der Waals surface area contributed by atoms with Crippen LogP contribution in [-0.2, 0) is 4.79 Å². The zero-order valence-electron chi connectivity index (χ0n) is 17.6. The molecule has 160 valence electrons. The van der Waals surface area contributed by atoms with Crippen LogP contribution in [0.4, 0.5) is 10.3 Å². The Labute approximate surface area is 177 Å². The van der Waals surface area contributed by atoms with Gasteiger partial charge in [0.25, 0.3) is 0 Å². The molecule has 0 aliphatic carbocycles. The number of nitrogens with one attached hydrogen (secondary N) is 2. The molecule has 1 saturated heterocycles. The Hall–Kier alpha value is -3.40. The van der Waals surface area contributed by atoms with Crippen molar-refractivity contribution >= 4 is 23.1 Å². The number of carbonyl (C=O) groups excluding carboxylic acids is 1.